The molecule has 0 saturated carbocycles. The van der Waals surface area contributed by atoms with Crippen molar-refractivity contribution in [3.8, 4) is 11.3 Å². The van der Waals surface area contributed by atoms with E-state index in [1.165, 1.54) is 23.7 Å². The average Bonchev–Trinajstić information content (AvgIpc) is 3.55. The van der Waals surface area contributed by atoms with E-state index in [0.29, 0.717) is 48.4 Å². The highest BCUT2D eigenvalue weighted by molar-refractivity contribution is 7.12. The maximum atomic E-state index is 14.7. The summed E-state index contributed by atoms with van der Waals surface area (Å²) in [6, 6.07) is 2.30. The van der Waals surface area contributed by atoms with Crippen LogP contribution in [0.3, 0.4) is 0 Å². The fourth-order valence-electron chi connectivity index (χ4n) is 5.51. The molecule has 1 atom stereocenters. The number of nitrogens with zero attached hydrogens (tertiary/aromatic N) is 6. The van der Waals surface area contributed by atoms with E-state index in [1.54, 1.807) is 0 Å². The number of carbonyl (C=O) groups is 2. The van der Waals surface area contributed by atoms with Gasteiger partial charge in [0.15, 0.2) is 5.78 Å². The van der Waals surface area contributed by atoms with E-state index in [-0.39, 0.29) is 41.7 Å². The summed E-state index contributed by atoms with van der Waals surface area (Å²) >= 11 is 1.24. The Morgan fingerprint density at radius 1 is 1.09 bits per heavy atom. The van der Waals surface area contributed by atoms with Crippen molar-refractivity contribution in [3.05, 3.63) is 57.0 Å². The summed E-state index contributed by atoms with van der Waals surface area (Å²) in [6.07, 6.45) is 0.0367. The maximum Gasteiger partial charge on any atom is 0.416 e. The zero-order valence-corrected chi connectivity index (χ0v) is 24.6. The first-order valence-corrected chi connectivity index (χ1v) is 14.9. The van der Waals surface area contributed by atoms with Gasteiger partial charge in [0.1, 0.15) is 22.3 Å². The molecule has 0 amide bonds. The lowest BCUT2D eigenvalue weighted by Gasteiger charge is -2.34. The second-order valence-electron chi connectivity index (χ2n) is 11.0. The second kappa shape index (κ2) is 12.6. The molecule has 43 heavy (non-hydrogen) atoms. The molecule has 0 bridgehead atoms. The molecule has 1 N–H and O–H groups in total. The number of benzene rings is 1. The minimum absolute atomic E-state index is 0.0213. The van der Waals surface area contributed by atoms with Gasteiger partial charge in [-0.3, -0.25) is 19.4 Å². The van der Waals surface area contributed by atoms with Crippen LogP contribution in [0.5, 0.6) is 0 Å². The molecule has 1 aromatic carbocycles. The molecule has 14 heteroatoms. The van der Waals surface area contributed by atoms with Crippen molar-refractivity contribution < 1.29 is 32.3 Å². The zero-order valence-electron chi connectivity index (χ0n) is 23.8. The molecule has 9 nitrogen and oxygen atoms in total. The third-order valence-electron chi connectivity index (χ3n) is 7.99. The van der Waals surface area contributed by atoms with Crippen LogP contribution in [0.2, 0.25) is 0 Å². The van der Waals surface area contributed by atoms with Crippen molar-refractivity contribution in [2.45, 2.75) is 51.9 Å². The van der Waals surface area contributed by atoms with Gasteiger partial charge in [-0.1, -0.05) is 0 Å². The van der Waals surface area contributed by atoms with Crippen LogP contribution in [0.15, 0.2) is 24.5 Å². The van der Waals surface area contributed by atoms with E-state index >= 15 is 0 Å². The SMILES string of the molecule is Cc1c(F)cc(-c2nc(CC(=O)c3cnc(N4CCN(CC(=O)O)CC4)cn3)sc2CN2CCC[C@H]2C)cc1C(F)(F)F. The molecule has 2 fully saturated rings. The smallest absolute Gasteiger partial charge is 0.416 e. The van der Waals surface area contributed by atoms with Gasteiger partial charge in [-0.25, -0.2) is 19.3 Å². The molecular weight excluding hydrogens is 588 g/mol. The molecule has 3 aromatic rings. The highest BCUT2D eigenvalue weighted by atomic mass is 32.1. The number of piperazine rings is 1. The number of Topliss-reactive ketones (excluding diaryl/α,β-unsaturated/α-hetero) is 1. The number of thiazole rings is 1. The van der Waals surface area contributed by atoms with Crippen LogP contribution in [0.1, 0.15) is 51.3 Å². The molecule has 5 rings (SSSR count). The lowest BCUT2D eigenvalue weighted by molar-refractivity contribution is -0.139. The van der Waals surface area contributed by atoms with Crippen molar-refractivity contribution in [1.29, 1.82) is 0 Å². The third kappa shape index (κ3) is 7.19. The fraction of sp³-hybridized carbons (Fsp3) is 0.483. The Hall–Kier alpha value is -3.49. The fourth-order valence-corrected chi connectivity index (χ4v) is 6.63. The van der Waals surface area contributed by atoms with Crippen molar-refractivity contribution >= 4 is 28.9 Å². The lowest BCUT2D eigenvalue weighted by Crippen LogP contribution is -2.48. The standard InChI is InChI=1S/C29H32F4N6O3S/c1-17-4-3-5-39(17)15-24-28(19-10-20(29(31,32)33)18(2)21(30)11-19)36-26(43-24)12-23(40)22-13-35-25(14-34-22)38-8-6-37(7-9-38)16-27(41)42/h10-11,13-14,17H,3-9,12,15-16H2,1-2H3,(H,41,42)/t17-/m1/s1. The normalized spacial score (nSPS) is 18.4. The highest BCUT2D eigenvalue weighted by Crippen LogP contribution is 2.38. The Labute approximate surface area is 250 Å². The predicted molar refractivity (Wildman–Crippen MR) is 153 cm³/mol. The summed E-state index contributed by atoms with van der Waals surface area (Å²) in [6.45, 7) is 6.72. The van der Waals surface area contributed by atoms with Gasteiger partial charge in [0.05, 0.1) is 36.6 Å². The summed E-state index contributed by atoms with van der Waals surface area (Å²) < 4.78 is 55.8. The van der Waals surface area contributed by atoms with Crippen molar-refractivity contribution in [3.63, 3.8) is 0 Å². The maximum absolute atomic E-state index is 14.7. The van der Waals surface area contributed by atoms with E-state index in [9.17, 15) is 27.2 Å². The van der Waals surface area contributed by atoms with E-state index in [1.807, 2.05) is 9.80 Å². The molecule has 230 valence electrons. The van der Waals surface area contributed by atoms with Crippen LogP contribution in [-0.4, -0.2) is 86.9 Å². The van der Waals surface area contributed by atoms with Gasteiger partial charge in [-0.15, -0.1) is 11.3 Å². The number of anilines is 1. The van der Waals surface area contributed by atoms with Crippen LogP contribution in [0.25, 0.3) is 11.3 Å². The Morgan fingerprint density at radius 3 is 2.44 bits per heavy atom. The monoisotopic (exact) mass is 620 g/mol. The number of likely N-dealkylation sites (tertiary alicyclic amines) is 1. The topological polar surface area (TPSA) is 103 Å². The van der Waals surface area contributed by atoms with Gasteiger partial charge in [0, 0.05) is 49.2 Å². The summed E-state index contributed by atoms with van der Waals surface area (Å²) in [5.74, 6) is -1.61. The molecule has 0 radical (unpaired) electrons. The molecule has 0 spiro atoms. The van der Waals surface area contributed by atoms with Crippen LogP contribution in [0, 0.1) is 12.7 Å². The molecule has 0 unspecified atom stereocenters. The predicted octanol–water partition coefficient (Wildman–Crippen LogP) is 4.68. The Morgan fingerprint density at radius 2 is 1.84 bits per heavy atom. The van der Waals surface area contributed by atoms with Crippen molar-refractivity contribution in [2.24, 2.45) is 0 Å². The van der Waals surface area contributed by atoms with Gasteiger partial charge >= 0.3 is 12.1 Å². The van der Waals surface area contributed by atoms with Crippen LogP contribution in [-0.2, 0) is 23.9 Å². The number of alkyl halides is 3. The summed E-state index contributed by atoms with van der Waals surface area (Å²) in [5.41, 5.74) is -1.12. The second-order valence-corrected chi connectivity index (χ2v) is 12.2. The summed E-state index contributed by atoms with van der Waals surface area (Å²) in [7, 11) is 0. The quantitative estimate of drug-likeness (QED) is 0.270. The Kier molecular flexibility index (Phi) is 9.09. The molecule has 0 aliphatic carbocycles. The Balaban J connectivity index is 1.36. The Bertz CT molecular complexity index is 1490. The first-order valence-electron chi connectivity index (χ1n) is 14.0. The highest BCUT2D eigenvalue weighted by Gasteiger charge is 2.35. The molecule has 2 aliphatic rings. The molecule has 2 aromatic heterocycles. The first-order chi connectivity index (χ1) is 20.4. The van der Waals surface area contributed by atoms with Gasteiger partial charge in [-0.2, -0.15) is 13.2 Å². The van der Waals surface area contributed by atoms with Crippen LogP contribution < -0.4 is 4.90 Å². The van der Waals surface area contributed by atoms with Crippen LogP contribution in [0.4, 0.5) is 23.4 Å². The van der Waals surface area contributed by atoms with Gasteiger partial charge < -0.3 is 10.0 Å². The number of carboxylic acids is 1. The third-order valence-corrected chi connectivity index (χ3v) is 9.03. The van der Waals surface area contributed by atoms with Gasteiger partial charge in [0.25, 0.3) is 0 Å². The number of aliphatic carboxylic acids is 1. The number of aromatic nitrogens is 3. The number of carbonyl (C=O) groups excluding carboxylic acids is 1. The summed E-state index contributed by atoms with van der Waals surface area (Å²) in [4.78, 5) is 44.0. The number of ketones is 1. The number of carboxylic acid groups (broad SMARTS) is 1. The van der Waals surface area contributed by atoms with E-state index in [2.05, 4.69) is 26.8 Å². The zero-order chi connectivity index (χ0) is 30.9. The van der Waals surface area contributed by atoms with Gasteiger partial charge in [-0.05, 0) is 50.9 Å². The van der Waals surface area contributed by atoms with E-state index < -0.39 is 29.1 Å². The van der Waals surface area contributed by atoms with Crippen molar-refractivity contribution in [1.82, 2.24) is 24.8 Å². The molecule has 4 heterocycles. The lowest BCUT2D eigenvalue weighted by atomic mass is 10.0. The first kappa shape index (κ1) is 31.0. The molecule has 2 saturated heterocycles. The number of hydrogen-bond acceptors (Lipinski definition) is 9. The average molecular weight is 621 g/mol. The summed E-state index contributed by atoms with van der Waals surface area (Å²) in [5, 5.41) is 9.37. The number of rotatable bonds is 9. The van der Waals surface area contributed by atoms with Gasteiger partial charge in [0.2, 0.25) is 0 Å². The minimum Gasteiger partial charge on any atom is -0.480 e. The minimum atomic E-state index is -4.73. The van der Waals surface area contributed by atoms with E-state index in [0.717, 1.165) is 38.4 Å². The van der Waals surface area contributed by atoms with Crippen LogP contribution >= 0.6 is 11.3 Å². The van der Waals surface area contributed by atoms with Crippen molar-refractivity contribution in [2.75, 3.05) is 44.2 Å². The van der Waals surface area contributed by atoms with E-state index in [4.69, 9.17) is 5.11 Å². The molecular formula is C29H32F4N6O3S. The number of halogens is 4. The molecule has 2 aliphatic heterocycles. The largest absolute Gasteiger partial charge is 0.480 e. The number of hydrogen-bond donors (Lipinski definition) is 1.